The molecule has 7 nitrogen and oxygen atoms in total. The molecule has 0 aliphatic heterocycles. The van der Waals surface area contributed by atoms with Crippen molar-refractivity contribution in [2.24, 2.45) is 0 Å². The molecule has 0 bridgehead atoms. The molecule has 0 unspecified atom stereocenters. The summed E-state index contributed by atoms with van der Waals surface area (Å²) in [5.41, 5.74) is 1.45. The van der Waals surface area contributed by atoms with Crippen LogP contribution < -0.4 is 5.32 Å². The molecule has 1 N–H and O–H groups in total. The predicted octanol–water partition coefficient (Wildman–Crippen LogP) is 2.82. The molecule has 0 aliphatic carbocycles. The molecule has 0 spiro atoms. The number of sulfonamides is 1. The smallest absolute Gasteiger partial charge is 0.259 e. The van der Waals surface area contributed by atoms with E-state index in [2.05, 4.69) is 10.4 Å². The maximum absolute atomic E-state index is 14.0. The van der Waals surface area contributed by atoms with Crippen LogP contribution >= 0.6 is 0 Å². The van der Waals surface area contributed by atoms with E-state index in [-0.39, 0.29) is 16.1 Å². The van der Waals surface area contributed by atoms with Crippen molar-refractivity contribution in [1.29, 1.82) is 0 Å². The van der Waals surface area contributed by atoms with Gasteiger partial charge in [-0.05, 0) is 43.3 Å². The van der Waals surface area contributed by atoms with Crippen molar-refractivity contribution >= 4 is 21.6 Å². The Balaban J connectivity index is 1.82. The van der Waals surface area contributed by atoms with Gasteiger partial charge in [0.15, 0.2) is 0 Å². The van der Waals surface area contributed by atoms with Gasteiger partial charge in [0.25, 0.3) is 5.91 Å². The summed E-state index contributed by atoms with van der Waals surface area (Å²) >= 11 is 0. The van der Waals surface area contributed by atoms with Gasteiger partial charge in [-0.15, -0.1) is 0 Å². The lowest BCUT2D eigenvalue weighted by Crippen LogP contribution is -2.22. The van der Waals surface area contributed by atoms with Crippen molar-refractivity contribution in [1.82, 2.24) is 14.1 Å². The number of hydrogen-bond acceptors (Lipinski definition) is 4. The Morgan fingerprint density at radius 2 is 1.75 bits per heavy atom. The van der Waals surface area contributed by atoms with E-state index < -0.39 is 21.7 Å². The van der Waals surface area contributed by atoms with Crippen molar-refractivity contribution in [2.45, 2.75) is 11.8 Å². The van der Waals surface area contributed by atoms with E-state index in [1.54, 1.807) is 25.1 Å². The molecule has 0 radical (unpaired) electrons. The van der Waals surface area contributed by atoms with Crippen LogP contribution in [0.25, 0.3) is 5.69 Å². The fourth-order valence-corrected chi connectivity index (χ4v) is 3.52. The Hall–Kier alpha value is -3.04. The number of para-hydroxylation sites is 1. The molecular formula is C19H19FN4O3S. The predicted molar refractivity (Wildman–Crippen MR) is 104 cm³/mol. The van der Waals surface area contributed by atoms with Crippen LogP contribution in [-0.2, 0) is 10.0 Å². The number of nitrogens with zero attached hydrogens (tertiary/aromatic N) is 3. The van der Waals surface area contributed by atoms with Crippen molar-refractivity contribution in [3.8, 4) is 5.69 Å². The lowest BCUT2D eigenvalue weighted by molar-refractivity contribution is 0.102. The quantitative estimate of drug-likeness (QED) is 0.711. The number of anilines is 1. The van der Waals surface area contributed by atoms with Gasteiger partial charge in [0.2, 0.25) is 10.0 Å². The highest BCUT2D eigenvalue weighted by atomic mass is 32.2. The van der Waals surface area contributed by atoms with Crippen LogP contribution in [-0.4, -0.2) is 42.5 Å². The number of halogens is 1. The lowest BCUT2D eigenvalue weighted by Gasteiger charge is -2.12. The molecule has 146 valence electrons. The first-order valence-corrected chi connectivity index (χ1v) is 9.79. The number of carbonyl (C=O) groups is 1. The Bertz CT molecular complexity index is 1120. The zero-order chi connectivity index (χ0) is 20.5. The fraction of sp³-hybridized carbons (Fsp3) is 0.158. The minimum Gasteiger partial charge on any atom is -0.322 e. The van der Waals surface area contributed by atoms with Crippen molar-refractivity contribution in [3.05, 3.63) is 71.8 Å². The average Bonchev–Trinajstić information content (AvgIpc) is 3.04. The van der Waals surface area contributed by atoms with E-state index in [0.717, 1.165) is 4.31 Å². The lowest BCUT2D eigenvalue weighted by atomic mass is 10.2. The van der Waals surface area contributed by atoms with Crippen molar-refractivity contribution < 1.29 is 17.6 Å². The number of carbonyl (C=O) groups excluding carboxylic acids is 1. The van der Waals surface area contributed by atoms with Gasteiger partial charge >= 0.3 is 0 Å². The monoisotopic (exact) mass is 402 g/mol. The zero-order valence-corrected chi connectivity index (χ0v) is 16.4. The second kappa shape index (κ2) is 7.53. The summed E-state index contributed by atoms with van der Waals surface area (Å²) in [6.45, 7) is 1.67. The van der Waals surface area contributed by atoms with Gasteiger partial charge in [-0.25, -0.2) is 21.8 Å². The minimum atomic E-state index is -3.54. The van der Waals surface area contributed by atoms with E-state index in [4.69, 9.17) is 0 Å². The highest BCUT2D eigenvalue weighted by Gasteiger charge is 2.19. The van der Waals surface area contributed by atoms with E-state index in [0.29, 0.717) is 11.4 Å². The van der Waals surface area contributed by atoms with Crippen LogP contribution in [0.2, 0.25) is 0 Å². The highest BCUT2D eigenvalue weighted by molar-refractivity contribution is 7.89. The Morgan fingerprint density at radius 3 is 2.36 bits per heavy atom. The van der Waals surface area contributed by atoms with E-state index >= 15 is 0 Å². The maximum atomic E-state index is 14.0. The highest BCUT2D eigenvalue weighted by Crippen LogP contribution is 2.20. The summed E-state index contributed by atoms with van der Waals surface area (Å²) in [6.07, 6.45) is 1.36. The third kappa shape index (κ3) is 3.67. The van der Waals surface area contributed by atoms with Crippen LogP contribution in [0.5, 0.6) is 0 Å². The van der Waals surface area contributed by atoms with Gasteiger partial charge in [0, 0.05) is 19.8 Å². The van der Waals surface area contributed by atoms with Gasteiger partial charge in [0.1, 0.15) is 11.5 Å². The molecule has 1 heterocycles. The van der Waals surface area contributed by atoms with Crippen LogP contribution in [0.4, 0.5) is 10.1 Å². The van der Waals surface area contributed by atoms with Gasteiger partial charge in [0.05, 0.1) is 22.3 Å². The fourth-order valence-electron chi connectivity index (χ4n) is 2.62. The van der Waals surface area contributed by atoms with Gasteiger partial charge < -0.3 is 5.32 Å². The molecule has 3 aromatic rings. The number of hydrogen-bond donors (Lipinski definition) is 1. The average molecular weight is 402 g/mol. The van der Waals surface area contributed by atoms with Gasteiger partial charge in [-0.1, -0.05) is 12.1 Å². The summed E-state index contributed by atoms with van der Waals surface area (Å²) in [5, 5.41) is 6.80. The molecular weight excluding hydrogens is 383 g/mol. The van der Waals surface area contributed by atoms with E-state index in [1.807, 2.05) is 0 Å². The third-order valence-electron chi connectivity index (χ3n) is 4.23. The minimum absolute atomic E-state index is 0.124. The largest absolute Gasteiger partial charge is 0.322 e. The molecule has 0 aliphatic rings. The molecule has 28 heavy (non-hydrogen) atoms. The Kier molecular flexibility index (Phi) is 5.30. The second-order valence-electron chi connectivity index (χ2n) is 6.27. The van der Waals surface area contributed by atoms with E-state index in [9.17, 15) is 17.6 Å². The number of amides is 1. The molecule has 0 fully saturated rings. The Morgan fingerprint density at radius 1 is 1.11 bits per heavy atom. The molecule has 9 heteroatoms. The normalized spacial score (nSPS) is 11.6. The SMILES string of the molecule is Cc1c(C(=O)Nc2ccc(S(=O)(=O)N(C)C)cc2)cnn1-c1ccccc1F. The molecule has 3 rings (SSSR count). The van der Waals surface area contributed by atoms with Crippen LogP contribution in [0.3, 0.4) is 0 Å². The molecule has 0 atom stereocenters. The first kappa shape index (κ1) is 19.7. The van der Waals surface area contributed by atoms with Crippen LogP contribution in [0.15, 0.2) is 59.6 Å². The third-order valence-corrected chi connectivity index (χ3v) is 6.06. The molecule has 0 saturated carbocycles. The number of benzene rings is 2. The van der Waals surface area contributed by atoms with E-state index in [1.165, 1.54) is 55.3 Å². The molecule has 0 saturated heterocycles. The van der Waals surface area contributed by atoms with Crippen LogP contribution in [0.1, 0.15) is 16.1 Å². The van der Waals surface area contributed by atoms with Crippen molar-refractivity contribution in [3.63, 3.8) is 0 Å². The summed E-state index contributed by atoms with van der Waals surface area (Å²) in [6, 6.07) is 12.0. The first-order valence-electron chi connectivity index (χ1n) is 8.35. The van der Waals surface area contributed by atoms with Crippen LogP contribution in [0, 0.1) is 12.7 Å². The van der Waals surface area contributed by atoms with Crippen molar-refractivity contribution in [2.75, 3.05) is 19.4 Å². The number of aromatic nitrogens is 2. The zero-order valence-electron chi connectivity index (χ0n) is 15.5. The van der Waals surface area contributed by atoms with Gasteiger partial charge in [-0.3, -0.25) is 4.79 Å². The summed E-state index contributed by atoms with van der Waals surface area (Å²) in [4.78, 5) is 12.7. The summed E-state index contributed by atoms with van der Waals surface area (Å²) < 4.78 is 40.6. The topological polar surface area (TPSA) is 84.3 Å². The molecule has 2 aromatic carbocycles. The Labute approximate surface area is 162 Å². The number of nitrogens with one attached hydrogen (secondary N) is 1. The number of rotatable bonds is 5. The first-order chi connectivity index (χ1) is 13.2. The molecule has 1 aromatic heterocycles. The standard InChI is InChI=1S/C19H19FN4O3S/c1-13-16(12-21-24(13)18-7-5-4-6-17(18)20)19(25)22-14-8-10-15(11-9-14)28(26,27)23(2)3/h4-12H,1-3H3,(H,22,25). The second-order valence-corrected chi connectivity index (χ2v) is 8.42. The maximum Gasteiger partial charge on any atom is 0.259 e. The molecule has 1 amide bonds. The van der Waals surface area contributed by atoms with Gasteiger partial charge in [-0.2, -0.15) is 5.10 Å². The summed E-state index contributed by atoms with van der Waals surface area (Å²) in [7, 11) is -0.650. The summed E-state index contributed by atoms with van der Waals surface area (Å²) in [5.74, 6) is -0.873.